The molecule has 19 heavy (non-hydrogen) atoms. The number of benzene rings is 2. The quantitative estimate of drug-likeness (QED) is 0.504. The monoisotopic (exact) mass is 258 g/mol. The minimum atomic E-state index is -0.557. The molecule has 0 aliphatic heterocycles. The molecule has 2 aromatic rings. The molecule has 0 amide bonds. The van der Waals surface area contributed by atoms with Crippen molar-refractivity contribution in [3.05, 3.63) is 53.6 Å². The van der Waals surface area contributed by atoms with Gasteiger partial charge in [0.2, 0.25) is 0 Å². The van der Waals surface area contributed by atoms with Gasteiger partial charge < -0.3 is 14.9 Å². The SMILES string of the molecule is CCc1c(C(=O)Oc2ccccc2)ccc(O)c1O. The first-order chi connectivity index (χ1) is 9.13. The standard InChI is InChI=1S/C15H14O4/c1-2-11-12(8-9-13(16)14(11)17)15(18)19-10-6-4-3-5-7-10/h3-9,16-17H,2H2,1H3. The first-order valence-electron chi connectivity index (χ1n) is 5.94. The average Bonchev–Trinajstić information content (AvgIpc) is 2.42. The number of phenols is 2. The Morgan fingerprint density at radius 1 is 1.11 bits per heavy atom. The van der Waals surface area contributed by atoms with Crippen molar-refractivity contribution in [2.45, 2.75) is 13.3 Å². The lowest BCUT2D eigenvalue weighted by molar-refractivity contribution is 0.0733. The summed E-state index contributed by atoms with van der Waals surface area (Å²) in [4.78, 5) is 12.0. The molecular weight excluding hydrogens is 244 g/mol. The van der Waals surface area contributed by atoms with Gasteiger partial charge in [-0.3, -0.25) is 0 Å². The predicted octanol–water partition coefficient (Wildman–Crippen LogP) is 2.88. The Bertz CT molecular complexity index is 591. The molecular formula is C15H14O4. The molecule has 0 aliphatic carbocycles. The van der Waals surface area contributed by atoms with Crippen LogP contribution in [0.2, 0.25) is 0 Å². The van der Waals surface area contributed by atoms with E-state index in [2.05, 4.69) is 0 Å². The summed E-state index contributed by atoms with van der Waals surface area (Å²) in [7, 11) is 0. The third-order valence-electron chi connectivity index (χ3n) is 2.79. The van der Waals surface area contributed by atoms with E-state index in [1.807, 2.05) is 6.07 Å². The molecule has 98 valence electrons. The highest BCUT2D eigenvalue weighted by Gasteiger charge is 2.18. The maximum Gasteiger partial charge on any atom is 0.343 e. The number of hydrogen-bond acceptors (Lipinski definition) is 4. The fourth-order valence-electron chi connectivity index (χ4n) is 1.82. The van der Waals surface area contributed by atoms with Crippen LogP contribution in [0.1, 0.15) is 22.8 Å². The van der Waals surface area contributed by atoms with Crippen LogP contribution in [0.4, 0.5) is 0 Å². The lowest BCUT2D eigenvalue weighted by Crippen LogP contribution is -2.11. The van der Waals surface area contributed by atoms with E-state index >= 15 is 0 Å². The van der Waals surface area contributed by atoms with Gasteiger partial charge >= 0.3 is 5.97 Å². The zero-order valence-corrected chi connectivity index (χ0v) is 10.5. The van der Waals surface area contributed by atoms with Crippen LogP contribution < -0.4 is 4.74 Å². The van der Waals surface area contributed by atoms with Gasteiger partial charge in [0.25, 0.3) is 0 Å². The second-order valence-corrected chi connectivity index (χ2v) is 4.02. The van der Waals surface area contributed by atoms with E-state index < -0.39 is 5.97 Å². The number of para-hydroxylation sites is 1. The number of phenolic OH excluding ortho intramolecular Hbond substituents is 2. The summed E-state index contributed by atoms with van der Waals surface area (Å²) in [5.41, 5.74) is 0.627. The number of ether oxygens (including phenoxy) is 1. The third kappa shape index (κ3) is 2.68. The van der Waals surface area contributed by atoms with E-state index in [0.717, 1.165) is 0 Å². The summed E-state index contributed by atoms with van der Waals surface area (Å²) < 4.78 is 5.21. The predicted molar refractivity (Wildman–Crippen MR) is 70.6 cm³/mol. The third-order valence-corrected chi connectivity index (χ3v) is 2.79. The molecule has 0 heterocycles. The Hall–Kier alpha value is -2.49. The molecule has 0 fully saturated rings. The van der Waals surface area contributed by atoms with Crippen LogP contribution >= 0.6 is 0 Å². The van der Waals surface area contributed by atoms with Gasteiger partial charge in [-0.25, -0.2) is 4.79 Å². The van der Waals surface area contributed by atoms with Gasteiger partial charge in [-0.1, -0.05) is 25.1 Å². The summed E-state index contributed by atoms with van der Waals surface area (Å²) in [6, 6.07) is 11.4. The highest BCUT2D eigenvalue weighted by molar-refractivity contribution is 5.93. The Morgan fingerprint density at radius 2 is 1.79 bits per heavy atom. The smallest absolute Gasteiger partial charge is 0.343 e. The van der Waals surface area contributed by atoms with Crippen LogP contribution in [0.25, 0.3) is 0 Å². The minimum absolute atomic E-state index is 0.242. The summed E-state index contributed by atoms with van der Waals surface area (Å²) in [5, 5.41) is 19.2. The van der Waals surface area contributed by atoms with E-state index in [1.165, 1.54) is 12.1 Å². The average molecular weight is 258 g/mol. The van der Waals surface area contributed by atoms with Gasteiger partial charge in [0.1, 0.15) is 5.75 Å². The van der Waals surface area contributed by atoms with Crippen molar-refractivity contribution < 1.29 is 19.7 Å². The van der Waals surface area contributed by atoms with Gasteiger partial charge in [0, 0.05) is 5.56 Å². The number of rotatable bonds is 3. The largest absolute Gasteiger partial charge is 0.504 e. The molecule has 0 saturated heterocycles. The van der Waals surface area contributed by atoms with Crippen molar-refractivity contribution in [1.82, 2.24) is 0 Å². The summed E-state index contributed by atoms with van der Waals surface area (Å²) in [5.74, 6) is -0.640. The molecule has 0 radical (unpaired) electrons. The topological polar surface area (TPSA) is 66.8 Å². The van der Waals surface area contributed by atoms with Crippen LogP contribution in [0.3, 0.4) is 0 Å². The van der Waals surface area contributed by atoms with Gasteiger partial charge in [-0.15, -0.1) is 0 Å². The van der Waals surface area contributed by atoms with Crippen molar-refractivity contribution in [3.63, 3.8) is 0 Å². The summed E-state index contributed by atoms with van der Waals surface area (Å²) in [6.45, 7) is 1.79. The van der Waals surface area contributed by atoms with E-state index in [1.54, 1.807) is 31.2 Å². The number of esters is 1. The van der Waals surface area contributed by atoms with E-state index in [4.69, 9.17) is 4.74 Å². The summed E-state index contributed by atoms with van der Waals surface area (Å²) in [6.07, 6.45) is 0.416. The number of hydrogen-bond donors (Lipinski definition) is 2. The van der Waals surface area contributed by atoms with Crippen molar-refractivity contribution in [1.29, 1.82) is 0 Å². The van der Waals surface area contributed by atoms with E-state index in [-0.39, 0.29) is 17.1 Å². The number of aromatic hydroxyl groups is 2. The molecule has 4 heteroatoms. The Labute approximate surface area is 110 Å². The van der Waals surface area contributed by atoms with Crippen LogP contribution in [0, 0.1) is 0 Å². The molecule has 2 aromatic carbocycles. The first-order valence-corrected chi connectivity index (χ1v) is 5.94. The second-order valence-electron chi connectivity index (χ2n) is 4.02. The second kappa shape index (κ2) is 5.44. The normalized spacial score (nSPS) is 10.2. The summed E-state index contributed by atoms with van der Waals surface area (Å²) >= 11 is 0. The van der Waals surface area contributed by atoms with E-state index in [9.17, 15) is 15.0 Å². The molecule has 4 nitrogen and oxygen atoms in total. The van der Waals surface area contributed by atoms with Crippen molar-refractivity contribution >= 4 is 5.97 Å². The maximum atomic E-state index is 12.0. The minimum Gasteiger partial charge on any atom is -0.504 e. The Balaban J connectivity index is 2.32. The molecule has 0 saturated carbocycles. The molecule has 2 N–H and O–H groups in total. The van der Waals surface area contributed by atoms with Crippen molar-refractivity contribution in [2.75, 3.05) is 0 Å². The Kier molecular flexibility index (Phi) is 3.71. The zero-order chi connectivity index (χ0) is 13.8. The highest BCUT2D eigenvalue weighted by Crippen LogP contribution is 2.32. The van der Waals surface area contributed by atoms with Gasteiger partial charge in [0.15, 0.2) is 11.5 Å². The van der Waals surface area contributed by atoms with Crippen LogP contribution in [-0.4, -0.2) is 16.2 Å². The molecule has 2 rings (SSSR count). The van der Waals surface area contributed by atoms with E-state index in [0.29, 0.717) is 17.7 Å². The van der Waals surface area contributed by atoms with Crippen LogP contribution in [0.15, 0.2) is 42.5 Å². The number of carbonyl (C=O) groups excluding carboxylic acids is 1. The highest BCUT2D eigenvalue weighted by atomic mass is 16.5. The van der Waals surface area contributed by atoms with Gasteiger partial charge in [-0.2, -0.15) is 0 Å². The van der Waals surface area contributed by atoms with Gasteiger partial charge in [0.05, 0.1) is 5.56 Å². The van der Waals surface area contributed by atoms with Crippen LogP contribution in [0.5, 0.6) is 17.2 Å². The first kappa shape index (κ1) is 13.0. The van der Waals surface area contributed by atoms with Crippen molar-refractivity contribution in [2.24, 2.45) is 0 Å². The van der Waals surface area contributed by atoms with Crippen molar-refractivity contribution in [3.8, 4) is 17.2 Å². The lowest BCUT2D eigenvalue weighted by atomic mass is 10.0. The molecule has 0 spiro atoms. The molecule has 0 aliphatic rings. The molecule has 0 atom stereocenters. The Morgan fingerprint density at radius 3 is 2.42 bits per heavy atom. The maximum absolute atomic E-state index is 12.0. The van der Waals surface area contributed by atoms with Crippen LogP contribution in [-0.2, 0) is 6.42 Å². The lowest BCUT2D eigenvalue weighted by Gasteiger charge is -2.10. The molecule has 0 aromatic heterocycles. The number of carbonyl (C=O) groups is 1. The molecule has 0 bridgehead atoms. The van der Waals surface area contributed by atoms with Gasteiger partial charge in [-0.05, 0) is 30.7 Å². The fourth-order valence-corrected chi connectivity index (χ4v) is 1.82. The fraction of sp³-hybridized carbons (Fsp3) is 0.133. The molecule has 0 unspecified atom stereocenters. The zero-order valence-electron chi connectivity index (χ0n) is 10.5.